The molecule has 1 N–H and O–H groups in total. The fourth-order valence-electron chi connectivity index (χ4n) is 5.71. The van der Waals surface area contributed by atoms with Crippen LogP contribution in [-0.4, -0.2) is 63.9 Å². The summed E-state index contributed by atoms with van der Waals surface area (Å²) in [5.74, 6) is 0. The summed E-state index contributed by atoms with van der Waals surface area (Å²) in [6.45, 7) is 14.5. The van der Waals surface area contributed by atoms with E-state index >= 15 is 0 Å². The topological polar surface area (TPSA) is 45.6 Å². The summed E-state index contributed by atoms with van der Waals surface area (Å²) in [6.07, 6.45) is 2.93. The van der Waals surface area contributed by atoms with Crippen LogP contribution in [0.15, 0.2) is 48.7 Å². The molecule has 0 spiro atoms. The van der Waals surface area contributed by atoms with E-state index in [4.69, 9.17) is 21.9 Å². The van der Waals surface area contributed by atoms with Crippen molar-refractivity contribution >= 4 is 17.3 Å². The van der Waals surface area contributed by atoms with Gasteiger partial charge in [-0.2, -0.15) is 0 Å². The van der Waals surface area contributed by atoms with Crippen molar-refractivity contribution in [2.75, 3.05) is 39.4 Å². The van der Waals surface area contributed by atoms with E-state index in [1.165, 1.54) is 33.8 Å². The average molecular weight is 504 g/mol. The van der Waals surface area contributed by atoms with E-state index < -0.39 is 0 Å². The molecule has 190 valence electrons. The Bertz CT molecular complexity index is 1220. The zero-order chi connectivity index (χ0) is 25.2. The molecule has 2 saturated heterocycles. The molecule has 0 radical (unpaired) electrons. The first-order valence-corrected chi connectivity index (χ1v) is 13.4. The number of thiocarbonyl (C=S) groups is 1. The lowest BCUT2D eigenvalue weighted by molar-refractivity contribution is 0.0365. The number of aromatic nitrogens is 2. The van der Waals surface area contributed by atoms with Crippen molar-refractivity contribution in [2.45, 2.75) is 46.2 Å². The molecule has 0 bridgehead atoms. The molecule has 0 amide bonds. The van der Waals surface area contributed by atoms with Crippen molar-refractivity contribution in [3.63, 3.8) is 0 Å². The van der Waals surface area contributed by atoms with Gasteiger partial charge < -0.3 is 19.5 Å². The van der Waals surface area contributed by atoms with Gasteiger partial charge in [0, 0.05) is 49.5 Å². The van der Waals surface area contributed by atoms with Gasteiger partial charge in [-0.1, -0.05) is 18.2 Å². The highest BCUT2D eigenvalue weighted by atomic mass is 32.1. The van der Waals surface area contributed by atoms with E-state index in [0.29, 0.717) is 0 Å². The fraction of sp³-hybridized carbons (Fsp3) is 0.448. The molecule has 2 fully saturated rings. The predicted octanol–water partition coefficient (Wildman–Crippen LogP) is 4.80. The zero-order valence-electron chi connectivity index (χ0n) is 21.8. The van der Waals surface area contributed by atoms with Crippen LogP contribution in [0.4, 0.5) is 0 Å². The van der Waals surface area contributed by atoms with Gasteiger partial charge in [-0.3, -0.25) is 9.88 Å². The summed E-state index contributed by atoms with van der Waals surface area (Å²) < 4.78 is 7.92. The average Bonchev–Trinajstić information content (AvgIpc) is 3.37. The third kappa shape index (κ3) is 4.80. The first-order chi connectivity index (χ1) is 17.5. The standard InChI is InChI=1S/C29H37N5OS/c1-20-9-7-11-26(22(20)3)34-21(2)19-24(23(34)4)28-27(25-10-5-6-12-30-25)31-29(36)33(28)14-8-13-32-15-17-35-18-16-32/h5-7,9-12,19,27-28H,8,13-18H2,1-4H3,(H,31,36)/t27-,28-/m0/s1. The van der Waals surface area contributed by atoms with Gasteiger partial charge in [0.2, 0.25) is 0 Å². The number of pyridine rings is 1. The van der Waals surface area contributed by atoms with Crippen molar-refractivity contribution < 1.29 is 4.74 Å². The van der Waals surface area contributed by atoms with Gasteiger partial charge in [-0.05, 0) is 87.3 Å². The second kappa shape index (κ2) is 10.7. The number of ether oxygens (including phenoxy) is 1. The number of hydrogen-bond acceptors (Lipinski definition) is 4. The SMILES string of the molecule is Cc1cccc(-n2c(C)cc([C@H]3[C@H](c4ccccn4)NC(=S)N3CCCN3CCOCC3)c2C)c1C. The summed E-state index contributed by atoms with van der Waals surface area (Å²) in [5.41, 5.74) is 8.70. The normalized spacial score (nSPS) is 20.7. The van der Waals surface area contributed by atoms with Crippen LogP contribution in [-0.2, 0) is 4.74 Å². The van der Waals surface area contributed by atoms with Crippen molar-refractivity contribution in [1.29, 1.82) is 0 Å². The molecular formula is C29H37N5OS. The van der Waals surface area contributed by atoms with Gasteiger partial charge in [0.15, 0.2) is 5.11 Å². The minimum atomic E-state index is 0.00893. The van der Waals surface area contributed by atoms with Crippen LogP contribution in [0, 0.1) is 27.7 Å². The van der Waals surface area contributed by atoms with Gasteiger partial charge in [-0.15, -0.1) is 0 Å². The van der Waals surface area contributed by atoms with Crippen LogP contribution in [0.3, 0.4) is 0 Å². The Labute approximate surface area is 220 Å². The molecule has 2 aliphatic rings. The van der Waals surface area contributed by atoms with Crippen LogP contribution in [0.2, 0.25) is 0 Å². The lowest BCUT2D eigenvalue weighted by atomic mass is 9.96. The Kier molecular flexibility index (Phi) is 7.42. The number of nitrogens with zero attached hydrogens (tertiary/aromatic N) is 4. The monoisotopic (exact) mass is 503 g/mol. The number of hydrogen-bond donors (Lipinski definition) is 1. The summed E-state index contributed by atoms with van der Waals surface area (Å²) in [4.78, 5) is 9.61. The summed E-state index contributed by atoms with van der Waals surface area (Å²) in [6, 6.07) is 15.1. The second-order valence-electron chi connectivity index (χ2n) is 10.0. The van der Waals surface area contributed by atoms with Crippen LogP contribution >= 0.6 is 12.2 Å². The molecule has 5 rings (SSSR count). The first-order valence-electron chi connectivity index (χ1n) is 13.0. The van der Waals surface area contributed by atoms with Crippen LogP contribution in [0.5, 0.6) is 0 Å². The number of aryl methyl sites for hydroxylation is 2. The van der Waals surface area contributed by atoms with Gasteiger partial charge in [0.1, 0.15) is 0 Å². The molecule has 7 heteroatoms. The van der Waals surface area contributed by atoms with Gasteiger partial charge >= 0.3 is 0 Å². The van der Waals surface area contributed by atoms with E-state index in [1.54, 1.807) is 0 Å². The fourth-order valence-corrected chi connectivity index (χ4v) is 6.04. The molecule has 3 aromatic rings. The van der Waals surface area contributed by atoms with Crippen molar-refractivity contribution in [3.05, 3.63) is 82.4 Å². The molecule has 36 heavy (non-hydrogen) atoms. The highest BCUT2D eigenvalue weighted by molar-refractivity contribution is 7.80. The Morgan fingerprint density at radius 3 is 2.58 bits per heavy atom. The molecule has 0 unspecified atom stereocenters. The maximum absolute atomic E-state index is 5.93. The van der Waals surface area contributed by atoms with Crippen LogP contribution < -0.4 is 5.32 Å². The van der Waals surface area contributed by atoms with E-state index in [9.17, 15) is 0 Å². The zero-order valence-corrected chi connectivity index (χ0v) is 22.6. The number of morpholine rings is 1. The van der Waals surface area contributed by atoms with E-state index in [2.05, 4.69) is 83.8 Å². The maximum atomic E-state index is 5.93. The molecule has 2 atom stereocenters. The predicted molar refractivity (Wildman–Crippen MR) is 149 cm³/mol. The Morgan fingerprint density at radius 1 is 1.03 bits per heavy atom. The van der Waals surface area contributed by atoms with Crippen molar-refractivity contribution in [3.8, 4) is 5.69 Å². The van der Waals surface area contributed by atoms with Gasteiger partial charge in [-0.25, -0.2) is 0 Å². The smallest absolute Gasteiger partial charge is 0.170 e. The van der Waals surface area contributed by atoms with Gasteiger partial charge in [0.05, 0.1) is 31.0 Å². The Morgan fingerprint density at radius 2 is 1.83 bits per heavy atom. The van der Waals surface area contributed by atoms with Crippen LogP contribution in [0.1, 0.15) is 52.3 Å². The lowest BCUT2D eigenvalue weighted by Crippen LogP contribution is -2.39. The van der Waals surface area contributed by atoms with E-state index in [-0.39, 0.29) is 12.1 Å². The lowest BCUT2D eigenvalue weighted by Gasteiger charge is -2.30. The van der Waals surface area contributed by atoms with Crippen LogP contribution in [0.25, 0.3) is 5.69 Å². The molecule has 0 aliphatic carbocycles. The van der Waals surface area contributed by atoms with E-state index in [0.717, 1.165) is 56.6 Å². The summed E-state index contributed by atoms with van der Waals surface area (Å²) in [7, 11) is 0. The van der Waals surface area contributed by atoms with Gasteiger partial charge in [0.25, 0.3) is 0 Å². The molecular weight excluding hydrogens is 466 g/mol. The highest BCUT2D eigenvalue weighted by Crippen LogP contribution is 2.41. The Balaban J connectivity index is 1.50. The minimum Gasteiger partial charge on any atom is -0.379 e. The molecule has 1 aromatic carbocycles. The minimum absolute atomic E-state index is 0.00893. The number of benzene rings is 1. The molecule has 0 saturated carbocycles. The summed E-state index contributed by atoms with van der Waals surface area (Å²) in [5, 5.41) is 4.44. The molecule has 4 heterocycles. The molecule has 6 nitrogen and oxygen atoms in total. The molecule has 2 aliphatic heterocycles. The van der Waals surface area contributed by atoms with E-state index in [1.807, 2.05) is 12.3 Å². The summed E-state index contributed by atoms with van der Waals surface area (Å²) >= 11 is 5.93. The quantitative estimate of drug-likeness (QED) is 0.468. The second-order valence-corrected chi connectivity index (χ2v) is 10.4. The van der Waals surface area contributed by atoms with Crippen molar-refractivity contribution in [1.82, 2.24) is 24.7 Å². The number of rotatable bonds is 7. The molecule has 2 aromatic heterocycles. The first kappa shape index (κ1) is 24.9. The Hall–Kier alpha value is -2.74. The third-order valence-corrected chi connectivity index (χ3v) is 8.13. The highest BCUT2D eigenvalue weighted by Gasteiger charge is 2.41. The maximum Gasteiger partial charge on any atom is 0.170 e. The number of nitrogens with one attached hydrogen (secondary N) is 1. The largest absolute Gasteiger partial charge is 0.379 e. The van der Waals surface area contributed by atoms with Crippen molar-refractivity contribution in [2.24, 2.45) is 0 Å². The third-order valence-electron chi connectivity index (χ3n) is 7.78.